The molecule has 6 atom stereocenters. The molecule has 8 heteroatoms. The molecule has 2 unspecified atom stereocenters. The van der Waals surface area contributed by atoms with E-state index < -0.39 is 22.7 Å². The largest absolute Gasteiger partial charge is 0.394 e. The van der Waals surface area contributed by atoms with Gasteiger partial charge in [-0.15, -0.1) is 11.8 Å². The Kier molecular flexibility index (Phi) is 6.35. The van der Waals surface area contributed by atoms with Crippen LogP contribution >= 0.6 is 11.8 Å². The highest BCUT2D eigenvalue weighted by Gasteiger charge is 2.74. The molecule has 4 fully saturated rings. The van der Waals surface area contributed by atoms with Gasteiger partial charge in [0.1, 0.15) is 6.04 Å². The SMILES string of the molecule is CCCNC(=O)[C@@H]1[C@@H]2CCC3(S2)C(C(=O)NC2CCCCC2)N([C@H](C)CO)C(=O)[C@H]13. The summed E-state index contributed by atoms with van der Waals surface area (Å²) < 4.78 is -0.557. The van der Waals surface area contributed by atoms with Gasteiger partial charge < -0.3 is 20.6 Å². The van der Waals surface area contributed by atoms with E-state index in [0.29, 0.717) is 6.54 Å². The maximum absolute atomic E-state index is 13.6. The molecule has 3 saturated heterocycles. The summed E-state index contributed by atoms with van der Waals surface area (Å²) in [5.74, 6) is -1.15. The fourth-order valence-corrected chi connectivity index (χ4v) is 8.35. The summed E-state index contributed by atoms with van der Waals surface area (Å²) in [6, 6.07) is -0.896. The third-order valence-corrected chi connectivity index (χ3v) is 9.48. The van der Waals surface area contributed by atoms with Gasteiger partial charge in [-0.05, 0) is 39.0 Å². The van der Waals surface area contributed by atoms with Gasteiger partial charge in [0.05, 0.1) is 29.2 Å². The minimum atomic E-state index is -0.613. The quantitative estimate of drug-likeness (QED) is 0.560. The fraction of sp³-hybridized carbons (Fsp3) is 0.864. The van der Waals surface area contributed by atoms with Crippen molar-refractivity contribution in [3.05, 3.63) is 0 Å². The van der Waals surface area contributed by atoms with Crippen LogP contribution in [0.5, 0.6) is 0 Å². The van der Waals surface area contributed by atoms with Crippen LogP contribution in [0.3, 0.4) is 0 Å². The van der Waals surface area contributed by atoms with Gasteiger partial charge in [-0.1, -0.05) is 26.2 Å². The summed E-state index contributed by atoms with van der Waals surface area (Å²) in [7, 11) is 0. The number of nitrogens with one attached hydrogen (secondary N) is 2. The van der Waals surface area contributed by atoms with Gasteiger partial charge in [-0.25, -0.2) is 0 Å². The topological polar surface area (TPSA) is 98.7 Å². The second kappa shape index (κ2) is 8.69. The Morgan fingerprint density at radius 1 is 1.23 bits per heavy atom. The van der Waals surface area contributed by atoms with Crippen molar-refractivity contribution in [1.82, 2.24) is 15.5 Å². The molecule has 1 saturated carbocycles. The van der Waals surface area contributed by atoms with Crippen LogP contribution in [0, 0.1) is 11.8 Å². The number of aliphatic hydroxyl groups is 1. The standard InChI is InChI=1S/C22H35N3O4S/c1-3-11-23-19(27)16-15-9-10-22(30-15)17(16)21(29)25(13(2)12-26)18(22)20(28)24-14-7-5-4-6-8-14/h13-18,26H,3-12H2,1-2H3,(H,23,27)(H,24,28)/t13-,15+,16-,17+,18?,22?/m1/s1. The molecule has 1 spiro atoms. The predicted octanol–water partition coefficient (Wildman–Crippen LogP) is 1.43. The van der Waals surface area contributed by atoms with Crippen LogP contribution in [0.25, 0.3) is 0 Å². The van der Waals surface area contributed by atoms with E-state index in [1.807, 2.05) is 6.92 Å². The zero-order valence-electron chi connectivity index (χ0n) is 18.1. The van der Waals surface area contributed by atoms with Gasteiger partial charge in [0.15, 0.2) is 0 Å². The Balaban J connectivity index is 1.64. The Hall–Kier alpha value is -1.28. The minimum Gasteiger partial charge on any atom is -0.394 e. The second-order valence-corrected chi connectivity index (χ2v) is 11.1. The average molecular weight is 438 g/mol. The van der Waals surface area contributed by atoms with Crippen molar-refractivity contribution in [2.24, 2.45) is 11.8 Å². The van der Waals surface area contributed by atoms with Crippen LogP contribution in [0.1, 0.15) is 65.2 Å². The fourth-order valence-electron chi connectivity index (χ4n) is 6.15. The van der Waals surface area contributed by atoms with Crippen molar-refractivity contribution in [3.63, 3.8) is 0 Å². The first-order valence-corrected chi connectivity index (χ1v) is 12.5. The van der Waals surface area contributed by atoms with Crippen molar-refractivity contribution in [1.29, 1.82) is 0 Å². The van der Waals surface area contributed by atoms with Crippen LogP contribution in [0.4, 0.5) is 0 Å². The highest BCUT2D eigenvalue weighted by molar-refractivity contribution is 8.02. The molecule has 4 rings (SSSR count). The number of hydrogen-bond donors (Lipinski definition) is 3. The van der Waals surface area contributed by atoms with E-state index in [0.717, 1.165) is 44.9 Å². The third-order valence-electron chi connectivity index (χ3n) is 7.53. The molecule has 0 aromatic rings. The van der Waals surface area contributed by atoms with Gasteiger partial charge >= 0.3 is 0 Å². The molecule has 0 aromatic heterocycles. The maximum Gasteiger partial charge on any atom is 0.244 e. The van der Waals surface area contributed by atoms with E-state index in [2.05, 4.69) is 10.6 Å². The highest BCUT2D eigenvalue weighted by Crippen LogP contribution is 2.66. The monoisotopic (exact) mass is 437 g/mol. The molecule has 0 radical (unpaired) electrons. The zero-order chi connectivity index (χ0) is 21.5. The Morgan fingerprint density at radius 3 is 2.63 bits per heavy atom. The van der Waals surface area contributed by atoms with Crippen LogP contribution in [-0.4, -0.2) is 69.0 Å². The molecule has 1 aliphatic carbocycles. The van der Waals surface area contributed by atoms with Crippen molar-refractivity contribution >= 4 is 29.5 Å². The van der Waals surface area contributed by atoms with Crippen molar-refractivity contribution < 1.29 is 19.5 Å². The number of amides is 3. The van der Waals surface area contributed by atoms with Crippen LogP contribution in [-0.2, 0) is 14.4 Å². The summed E-state index contributed by atoms with van der Waals surface area (Å²) in [6.45, 7) is 4.21. The molecule has 2 bridgehead atoms. The summed E-state index contributed by atoms with van der Waals surface area (Å²) in [6.07, 6.45) is 7.89. The molecule has 3 heterocycles. The normalized spacial score (nSPS) is 36.6. The molecular formula is C22H35N3O4S. The number of likely N-dealkylation sites (tertiary alicyclic amines) is 1. The van der Waals surface area contributed by atoms with E-state index >= 15 is 0 Å². The Bertz CT molecular complexity index is 698. The van der Waals surface area contributed by atoms with E-state index in [4.69, 9.17) is 0 Å². The molecule has 0 aromatic carbocycles. The second-order valence-electron chi connectivity index (χ2n) is 9.47. The molecule has 3 N–H and O–H groups in total. The number of nitrogens with zero attached hydrogens (tertiary/aromatic N) is 1. The lowest BCUT2D eigenvalue weighted by Crippen LogP contribution is -2.57. The van der Waals surface area contributed by atoms with Crippen LogP contribution < -0.4 is 10.6 Å². The lowest BCUT2D eigenvalue weighted by atomic mass is 9.70. The number of carbonyl (C=O) groups excluding carboxylic acids is 3. The van der Waals surface area contributed by atoms with Gasteiger partial charge in [-0.2, -0.15) is 0 Å². The minimum absolute atomic E-state index is 0.0563. The maximum atomic E-state index is 13.6. The van der Waals surface area contributed by atoms with E-state index in [9.17, 15) is 19.5 Å². The van der Waals surface area contributed by atoms with Gasteiger partial charge in [0.25, 0.3) is 0 Å². The van der Waals surface area contributed by atoms with E-state index in [1.165, 1.54) is 6.42 Å². The summed E-state index contributed by atoms with van der Waals surface area (Å²) in [5, 5.41) is 16.1. The molecule has 3 aliphatic heterocycles. The molecule has 3 amide bonds. The van der Waals surface area contributed by atoms with Crippen LogP contribution in [0.2, 0.25) is 0 Å². The molecule has 7 nitrogen and oxygen atoms in total. The smallest absolute Gasteiger partial charge is 0.244 e. The summed E-state index contributed by atoms with van der Waals surface area (Å²) >= 11 is 1.69. The molecular weight excluding hydrogens is 402 g/mol. The number of aliphatic hydroxyl groups excluding tert-OH is 1. The molecule has 4 aliphatic rings. The van der Waals surface area contributed by atoms with Gasteiger partial charge in [-0.3, -0.25) is 14.4 Å². The van der Waals surface area contributed by atoms with Gasteiger partial charge in [0, 0.05) is 17.8 Å². The number of carbonyl (C=O) groups is 3. The van der Waals surface area contributed by atoms with Crippen molar-refractivity contribution in [2.45, 2.75) is 93.3 Å². The Labute approximate surface area is 183 Å². The lowest BCUT2D eigenvalue weighted by Gasteiger charge is -2.37. The van der Waals surface area contributed by atoms with E-state index in [1.54, 1.807) is 23.6 Å². The number of fused-ring (bicyclic) bond motifs is 1. The first-order chi connectivity index (χ1) is 14.4. The van der Waals surface area contributed by atoms with Gasteiger partial charge in [0.2, 0.25) is 17.7 Å². The zero-order valence-corrected chi connectivity index (χ0v) is 18.9. The first-order valence-electron chi connectivity index (χ1n) is 11.6. The van der Waals surface area contributed by atoms with Crippen molar-refractivity contribution in [2.75, 3.05) is 13.2 Å². The predicted molar refractivity (Wildman–Crippen MR) is 116 cm³/mol. The average Bonchev–Trinajstić information content (AvgIpc) is 3.39. The lowest BCUT2D eigenvalue weighted by molar-refractivity contribution is -0.142. The molecule has 168 valence electrons. The van der Waals surface area contributed by atoms with Crippen LogP contribution in [0.15, 0.2) is 0 Å². The number of thioether (sulfide) groups is 1. The summed E-state index contributed by atoms with van der Waals surface area (Å²) in [4.78, 5) is 41.8. The number of hydrogen-bond acceptors (Lipinski definition) is 5. The molecule has 30 heavy (non-hydrogen) atoms. The Morgan fingerprint density at radius 2 is 1.97 bits per heavy atom. The summed E-state index contributed by atoms with van der Waals surface area (Å²) in [5.41, 5.74) is 0. The highest BCUT2D eigenvalue weighted by atomic mass is 32.2. The third kappa shape index (κ3) is 3.44. The number of rotatable bonds is 7. The van der Waals surface area contributed by atoms with E-state index in [-0.39, 0.29) is 41.5 Å². The van der Waals surface area contributed by atoms with Crippen molar-refractivity contribution in [3.8, 4) is 0 Å². The first kappa shape index (κ1) is 21.9.